The Bertz CT molecular complexity index is 518. The van der Waals surface area contributed by atoms with Crippen LogP contribution in [0.15, 0.2) is 36.4 Å². The fourth-order valence-electron chi connectivity index (χ4n) is 3.49. The average Bonchev–Trinajstić information content (AvgIpc) is 2.87. The van der Waals surface area contributed by atoms with E-state index in [9.17, 15) is 4.79 Å². The molecule has 1 atom stereocenters. The van der Waals surface area contributed by atoms with Gasteiger partial charge in [0.15, 0.2) is 0 Å². The van der Waals surface area contributed by atoms with Crippen molar-refractivity contribution in [2.45, 2.75) is 90.1 Å². The molecule has 0 radical (unpaired) electrons. The first-order valence-corrected chi connectivity index (χ1v) is 10.2. The van der Waals surface area contributed by atoms with Gasteiger partial charge in [-0.05, 0) is 49.3 Å². The number of allylic oxidation sites excluding steroid dienone is 1. The second-order valence-corrected chi connectivity index (χ2v) is 7.20. The van der Waals surface area contributed by atoms with Crippen LogP contribution >= 0.6 is 0 Å². The standard InChI is InChI=1S/C23H34O2/c1-2-3-4-5-6-7-11-18-23(24)25-22-17-13-12-16-21(19-22)20-14-9-8-10-15-20/h8-10,14-15,19,22H,2-7,11-13,16-18H2,1H3/t22-/m1/s1. The van der Waals surface area contributed by atoms with Crippen molar-refractivity contribution in [1.82, 2.24) is 0 Å². The molecule has 1 aliphatic carbocycles. The lowest BCUT2D eigenvalue weighted by Crippen LogP contribution is -2.15. The summed E-state index contributed by atoms with van der Waals surface area (Å²) in [4.78, 5) is 12.2. The molecule has 0 saturated carbocycles. The summed E-state index contributed by atoms with van der Waals surface area (Å²) in [6.45, 7) is 2.24. The SMILES string of the molecule is CCCCCCCCCC(=O)O[C@H]1C=C(c2ccccc2)CCCC1. The molecule has 2 heteroatoms. The molecule has 0 bridgehead atoms. The van der Waals surface area contributed by atoms with Gasteiger partial charge in [-0.2, -0.15) is 0 Å². The second-order valence-electron chi connectivity index (χ2n) is 7.20. The Morgan fingerprint density at radius 1 is 1.00 bits per heavy atom. The smallest absolute Gasteiger partial charge is 0.306 e. The number of hydrogen-bond donors (Lipinski definition) is 0. The van der Waals surface area contributed by atoms with Crippen LogP contribution < -0.4 is 0 Å². The van der Waals surface area contributed by atoms with Gasteiger partial charge in [0.25, 0.3) is 0 Å². The van der Waals surface area contributed by atoms with Crippen molar-refractivity contribution < 1.29 is 9.53 Å². The molecule has 0 N–H and O–H groups in total. The van der Waals surface area contributed by atoms with Crippen LogP contribution in [0.4, 0.5) is 0 Å². The predicted molar refractivity (Wildman–Crippen MR) is 105 cm³/mol. The van der Waals surface area contributed by atoms with Crippen LogP contribution in [0.5, 0.6) is 0 Å². The molecule has 0 heterocycles. The monoisotopic (exact) mass is 342 g/mol. The summed E-state index contributed by atoms with van der Waals surface area (Å²) in [5.41, 5.74) is 2.59. The highest BCUT2D eigenvalue weighted by molar-refractivity contribution is 5.71. The highest BCUT2D eigenvalue weighted by Crippen LogP contribution is 2.27. The molecule has 0 aliphatic heterocycles. The zero-order chi connectivity index (χ0) is 17.7. The molecule has 0 spiro atoms. The minimum atomic E-state index is -0.0465. The van der Waals surface area contributed by atoms with Gasteiger partial charge in [0.1, 0.15) is 6.10 Å². The number of esters is 1. The fourth-order valence-corrected chi connectivity index (χ4v) is 3.49. The summed E-state index contributed by atoms with van der Waals surface area (Å²) in [6.07, 6.45) is 15.6. The highest BCUT2D eigenvalue weighted by atomic mass is 16.5. The van der Waals surface area contributed by atoms with E-state index in [0.717, 1.165) is 32.1 Å². The van der Waals surface area contributed by atoms with E-state index in [4.69, 9.17) is 4.74 Å². The Labute approximate surface area is 153 Å². The molecule has 0 saturated heterocycles. The topological polar surface area (TPSA) is 26.3 Å². The zero-order valence-electron chi connectivity index (χ0n) is 15.8. The van der Waals surface area contributed by atoms with E-state index in [1.807, 2.05) is 6.07 Å². The number of unbranched alkanes of at least 4 members (excludes halogenated alkanes) is 6. The van der Waals surface area contributed by atoms with Gasteiger partial charge in [-0.3, -0.25) is 4.79 Å². The third kappa shape index (κ3) is 7.90. The maximum Gasteiger partial charge on any atom is 0.306 e. The summed E-state index contributed by atoms with van der Waals surface area (Å²) in [5.74, 6) is -0.0240. The van der Waals surface area contributed by atoms with Crippen molar-refractivity contribution in [3.05, 3.63) is 42.0 Å². The molecular weight excluding hydrogens is 308 g/mol. The molecule has 138 valence electrons. The molecule has 1 aromatic carbocycles. The number of benzene rings is 1. The highest BCUT2D eigenvalue weighted by Gasteiger charge is 2.16. The van der Waals surface area contributed by atoms with Crippen LogP contribution in [0.1, 0.15) is 89.5 Å². The van der Waals surface area contributed by atoms with Crippen molar-refractivity contribution in [2.75, 3.05) is 0 Å². The molecule has 1 aromatic rings. The van der Waals surface area contributed by atoms with Gasteiger partial charge in [-0.25, -0.2) is 0 Å². The lowest BCUT2D eigenvalue weighted by molar-refractivity contribution is -0.147. The third-order valence-corrected chi connectivity index (χ3v) is 4.98. The van der Waals surface area contributed by atoms with E-state index in [1.165, 1.54) is 49.7 Å². The maximum atomic E-state index is 12.2. The normalized spacial score (nSPS) is 17.6. The minimum Gasteiger partial charge on any atom is -0.458 e. The van der Waals surface area contributed by atoms with Gasteiger partial charge in [-0.15, -0.1) is 0 Å². The molecule has 2 nitrogen and oxygen atoms in total. The molecule has 0 amide bonds. The number of rotatable bonds is 10. The maximum absolute atomic E-state index is 12.2. The quantitative estimate of drug-likeness (QED) is 0.349. The number of carbonyl (C=O) groups is 1. The van der Waals surface area contributed by atoms with Gasteiger partial charge in [0.05, 0.1) is 0 Å². The van der Waals surface area contributed by atoms with Gasteiger partial charge < -0.3 is 4.74 Å². The molecule has 25 heavy (non-hydrogen) atoms. The molecule has 0 aromatic heterocycles. The lowest BCUT2D eigenvalue weighted by Gasteiger charge is -2.14. The Balaban J connectivity index is 1.73. The van der Waals surface area contributed by atoms with Crippen molar-refractivity contribution in [2.24, 2.45) is 0 Å². The van der Waals surface area contributed by atoms with Crippen molar-refractivity contribution in [3.8, 4) is 0 Å². The predicted octanol–water partition coefficient (Wildman–Crippen LogP) is 6.70. The molecule has 0 fully saturated rings. The average molecular weight is 343 g/mol. The number of hydrogen-bond acceptors (Lipinski definition) is 2. The first-order chi connectivity index (χ1) is 12.3. The van der Waals surface area contributed by atoms with Crippen LogP contribution in [-0.4, -0.2) is 12.1 Å². The lowest BCUT2D eigenvalue weighted by atomic mass is 10.0. The second kappa shape index (κ2) is 11.9. The molecule has 2 rings (SSSR count). The van der Waals surface area contributed by atoms with E-state index >= 15 is 0 Å². The summed E-state index contributed by atoms with van der Waals surface area (Å²) in [7, 11) is 0. The van der Waals surface area contributed by atoms with E-state index in [1.54, 1.807) is 0 Å². The number of carbonyl (C=O) groups excluding carboxylic acids is 1. The Morgan fingerprint density at radius 3 is 2.48 bits per heavy atom. The summed E-state index contributed by atoms with van der Waals surface area (Å²) >= 11 is 0. The van der Waals surface area contributed by atoms with Crippen LogP contribution in [-0.2, 0) is 9.53 Å². The Morgan fingerprint density at radius 2 is 1.72 bits per heavy atom. The van der Waals surface area contributed by atoms with E-state index in [0.29, 0.717) is 6.42 Å². The van der Waals surface area contributed by atoms with E-state index in [2.05, 4.69) is 37.3 Å². The Hall–Kier alpha value is -1.57. The van der Waals surface area contributed by atoms with Gasteiger partial charge in [0, 0.05) is 6.42 Å². The van der Waals surface area contributed by atoms with Gasteiger partial charge >= 0.3 is 5.97 Å². The summed E-state index contributed by atoms with van der Waals surface area (Å²) in [6, 6.07) is 10.5. The number of ether oxygens (including phenoxy) is 1. The van der Waals surface area contributed by atoms with Crippen LogP contribution in [0.2, 0.25) is 0 Å². The largest absolute Gasteiger partial charge is 0.458 e. The minimum absolute atomic E-state index is 0.0240. The van der Waals surface area contributed by atoms with E-state index in [-0.39, 0.29) is 12.1 Å². The van der Waals surface area contributed by atoms with Crippen LogP contribution in [0.25, 0.3) is 5.57 Å². The first-order valence-electron chi connectivity index (χ1n) is 10.2. The first kappa shape index (κ1) is 19.8. The Kier molecular flexibility index (Phi) is 9.40. The zero-order valence-corrected chi connectivity index (χ0v) is 15.8. The van der Waals surface area contributed by atoms with Gasteiger partial charge in [0.2, 0.25) is 0 Å². The molecule has 1 aliphatic rings. The molecular formula is C23H34O2. The summed E-state index contributed by atoms with van der Waals surface area (Å²) < 4.78 is 5.75. The van der Waals surface area contributed by atoms with Crippen LogP contribution in [0.3, 0.4) is 0 Å². The summed E-state index contributed by atoms with van der Waals surface area (Å²) in [5, 5.41) is 0. The van der Waals surface area contributed by atoms with Crippen molar-refractivity contribution in [1.29, 1.82) is 0 Å². The fraction of sp³-hybridized carbons (Fsp3) is 0.609. The van der Waals surface area contributed by atoms with Gasteiger partial charge in [-0.1, -0.05) is 75.8 Å². The van der Waals surface area contributed by atoms with E-state index < -0.39 is 0 Å². The molecule has 0 unspecified atom stereocenters. The van der Waals surface area contributed by atoms with Crippen molar-refractivity contribution in [3.63, 3.8) is 0 Å². The third-order valence-electron chi connectivity index (χ3n) is 4.98. The van der Waals surface area contributed by atoms with Crippen molar-refractivity contribution >= 4 is 11.5 Å². The van der Waals surface area contributed by atoms with Crippen LogP contribution in [0, 0.1) is 0 Å².